The van der Waals surface area contributed by atoms with Crippen LogP contribution in [-0.2, 0) is 0 Å². The quantitative estimate of drug-likeness (QED) is 0.616. The van der Waals surface area contributed by atoms with Crippen LogP contribution >= 0.6 is 0 Å². The summed E-state index contributed by atoms with van der Waals surface area (Å²) in [7, 11) is 1.77. The van der Waals surface area contributed by atoms with E-state index in [0.29, 0.717) is 5.71 Å². The van der Waals surface area contributed by atoms with Crippen molar-refractivity contribution in [2.75, 3.05) is 7.05 Å². The summed E-state index contributed by atoms with van der Waals surface area (Å²) in [5, 5.41) is 9.20. The molecule has 0 atom stereocenters. The molecule has 0 aliphatic carbocycles. The molecule has 0 spiro atoms. The van der Waals surface area contributed by atoms with Gasteiger partial charge in [-0.3, -0.25) is 4.99 Å². The summed E-state index contributed by atoms with van der Waals surface area (Å²) < 4.78 is 0. The third-order valence-electron chi connectivity index (χ3n) is 2.06. The third kappa shape index (κ3) is 2.25. The smallest absolute Gasteiger partial charge is 0.0386 e. The number of rotatable bonds is 2. The molecule has 0 radical (unpaired) electrons. The predicted octanol–water partition coefficient (Wildman–Crippen LogP) is 2.50. The zero-order valence-electron chi connectivity index (χ0n) is 8.20. The fraction of sp³-hybridized carbons (Fsp3) is 0.273. The normalized spacial score (nSPS) is 11.5. The minimum absolute atomic E-state index is 0.345. The van der Waals surface area contributed by atoms with Crippen molar-refractivity contribution in [2.45, 2.75) is 13.8 Å². The molecule has 68 valence electrons. The maximum Gasteiger partial charge on any atom is 0.0386 e. The highest BCUT2D eigenvalue weighted by Gasteiger charge is 1.95. The number of aliphatic imine (C=N–C) groups is 1. The van der Waals surface area contributed by atoms with E-state index in [1.165, 1.54) is 0 Å². The van der Waals surface area contributed by atoms with Gasteiger partial charge >= 0.3 is 0 Å². The zero-order valence-corrected chi connectivity index (χ0v) is 8.20. The molecule has 1 rings (SSSR count). The van der Waals surface area contributed by atoms with E-state index in [0.717, 1.165) is 16.8 Å². The lowest BCUT2D eigenvalue weighted by molar-refractivity contribution is 1.41. The van der Waals surface area contributed by atoms with Crippen molar-refractivity contribution in [1.82, 2.24) is 0 Å². The van der Waals surface area contributed by atoms with Gasteiger partial charge in [-0.1, -0.05) is 31.2 Å². The topological polar surface area (TPSA) is 34.7 Å². The first kappa shape index (κ1) is 9.65. The third-order valence-corrected chi connectivity index (χ3v) is 2.06. The Bertz CT molecular complexity index is 334. The van der Waals surface area contributed by atoms with Crippen LogP contribution in [-0.4, -0.2) is 18.5 Å². The number of hydrogen-bond donors (Lipinski definition) is 0. The lowest BCUT2D eigenvalue weighted by Crippen LogP contribution is -1.96. The second-order valence-electron chi connectivity index (χ2n) is 2.97. The van der Waals surface area contributed by atoms with Gasteiger partial charge in [0.2, 0.25) is 0 Å². The molecule has 0 saturated heterocycles. The summed E-state index contributed by atoms with van der Waals surface area (Å²) >= 11 is 0. The highest BCUT2D eigenvalue weighted by Crippen LogP contribution is 2.06. The highest BCUT2D eigenvalue weighted by molar-refractivity contribution is 6.03. The minimum atomic E-state index is 0.345. The molecule has 1 aromatic rings. The van der Waals surface area contributed by atoms with Crippen LogP contribution in [0.2, 0.25) is 0 Å². The first-order valence-corrected chi connectivity index (χ1v) is 4.22. The van der Waals surface area contributed by atoms with Crippen LogP contribution in [0, 0.1) is 0 Å². The summed E-state index contributed by atoms with van der Waals surface area (Å²) in [6.07, 6.45) is 0. The fourth-order valence-corrected chi connectivity index (χ4v) is 1.08. The summed E-state index contributed by atoms with van der Waals surface area (Å²) in [4.78, 5) is 4.08. The minimum Gasteiger partial charge on any atom is -0.807 e. The molecule has 0 N–H and O–H groups in total. The van der Waals surface area contributed by atoms with E-state index in [2.05, 4.69) is 4.99 Å². The van der Waals surface area contributed by atoms with Crippen LogP contribution in [0.5, 0.6) is 0 Å². The van der Waals surface area contributed by atoms with Gasteiger partial charge < -0.3 is 5.41 Å². The van der Waals surface area contributed by atoms with Crippen LogP contribution in [0.4, 0.5) is 0 Å². The maximum absolute atomic E-state index is 9.20. The number of hydrogen-bond acceptors (Lipinski definition) is 1. The van der Waals surface area contributed by atoms with E-state index in [1.807, 2.05) is 31.2 Å². The molecule has 0 aromatic heterocycles. The average Bonchev–Trinajstić information content (AvgIpc) is 2.17. The Morgan fingerprint density at radius 2 is 1.54 bits per heavy atom. The summed E-state index contributed by atoms with van der Waals surface area (Å²) in [6.45, 7) is 3.64. The Morgan fingerprint density at radius 3 is 1.92 bits per heavy atom. The van der Waals surface area contributed by atoms with Crippen LogP contribution in [0.15, 0.2) is 29.3 Å². The van der Waals surface area contributed by atoms with E-state index >= 15 is 0 Å². The summed E-state index contributed by atoms with van der Waals surface area (Å²) in [5.74, 6) is 0. The zero-order chi connectivity index (χ0) is 9.84. The monoisotopic (exact) mass is 173 g/mol. The van der Waals surface area contributed by atoms with Crippen molar-refractivity contribution in [3.63, 3.8) is 0 Å². The number of nitrogens with zero attached hydrogens (tertiary/aromatic N) is 2. The molecule has 0 aliphatic rings. The molecular weight excluding hydrogens is 160 g/mol. The molecule has 0 saturated carbocycles. The van der Waals surface area contributed by atoms with E-state index < -0.39 is 0 Å². The van der Waals surface area contributed by atoms with Crippen molar-refractivity contribution < 1.29 is 0 Å². The van der Waals surface area contributed by atoms with Crippen molar-refractivity contribution in [1.29, 1.82) is 0 Å². The molecule has 0 aliphatic heterocycles. The molecule has 1 aromatic carbocycles. The van der Waals surface area contributed by atoms with Gasteiger partial charge in [0.1, 0.15) is 0 Å². The Labute approximate surface area is 78.8 Å². The lowest BCUT2D eigenvalue weighted by atomic mass is 10.1. The Kier molecular flexibility index (Phi) is 2.96. The van der Waals surface area contributed by atoms with Gasteiger partial charge in [-0.05, 0) is 18.1 Å². The molecule has 0 heterocycles. The lowest BCUT2D eigenvalue weighted by Gasteiger charge is -2.07. The van der Waals surface area contributed by atoms with E-state index in [-0.39, 0.29) is 0 Å². The van der Waals surface area contributed by atoms with E-state index in [1.54, 1.807) is 14.0 Å². The fourth-order valence-electron chi connectivity index (χ4n) is 1.08. The number of benzene rings is 1. The Balaban J connectivity index is 3.00. The van der Waals surface area contributed by atoms with Gasteiger partial charge in [-0.2, -0.15) is 5.71 Å². The first-order valence-electron chi connectivity index (χ1n) is 4.22. The molecule has 0 bridgehead atoms. The van der Waals surface area contributed by atoms with Gasteiger partial charge in [0.25, 0.3) is 0 Å². The van der Waals surface area contributed by atoms with Gasteiger partial charge in [0.05, 0.1) is 0 Å². The average molecular weight is 173 g/mol. The maximum atomic E-state index is 9.20. The van der Waals surface area contributed by atoms with Crippen molar-refractivity contribution in [2.24, 2.45) is 4.99 Å². The van der Waals surface area contributed by atoms with Gasteiger partial charge in [-0.25, -0.2) is 0 Å². The van der Waals surface area contributed by atoms with Crippen LogP contribution < -0.4 is 0 Å². The molecule has 0 unspecified atom stereocenters. The molecule has 13 heavy (non-hydrogen) atoms. The van der Waals surface area contributed by atoms with E-state index in [4.69, 9.17) is 0 Å². The SMILES string of the molecule is CN=C(C)c1ccc(C(C)=[N-])cc1. The van der Waals surface area contributed by atoms with Gasteiger partial charge in [0, 0.05) is 12.8 Å². The molecule has 0 fully saturated rings. The van der Waals surface area contributed by atoms with Crippen LogP contribution in [0.25, 0.3) is 5.41 Å². The molecular formula is C11H13N2-. The summed E-state index contributed by atoms with van der Waals surface area (Å²) in [5.41, 5.74) is 3.29. The molecule has 2 heteroatoms. The van der Waals surface area contributed by atoms with Crippen molar-refractivity contribution in [3.8, 4) is 0 Å². The van der Waals surface area contributed by atoms with Crippen molar-refractivity contribution >= 4 is 11.4 Å². The Hall–Kier alpha value is -1.44. The largest absolute Gasteiger partial charge is 0.807 e. The highest BCUT2D eigenvalue weighted by atomic mass is 14.7. The van der Waals surface area contributed by atoms with E-state index in [9.17, 15) is 5.41 Å². The molecule has 0 amide bonds. The molecule has 2 nitrogen and oxygen atoms in total. The standard InChI is InChI=1S/C11H13N2/c1-8(12)10-4-6-11(7-5-10)9(2)13-3/h4-7H,1-3H3/q-1. The van der Waals surface area contributed by atoms with Crippen LogP contribution in [0.3, 0.4) is 0 Å². The van der Waals surface area contributed by atoms with Gasteiger partial charge in [-0.15, -0.1) is 0 Å². The summed E-state index contributed by atoms with van der Waals surface area (Å²) in [6, 6.07) is 7.69. The second kappa shape index (κ2) is 3.99. The van der Waals surface area contributed by atoms with Gasteiger partial charge in [0.15, 0.2) is 0 Å². The van der Waals surface area contributed by atoms with Crippen LogP contribution in [0.1, 0.15) is 25.0 Å². The van der Waals surface area contributed by atoms with Crippen molar-refractivity contribution in [3.05, 3.63) is 40.8 Å². The first-order chi connectivity index (χ1) is 6.15. The predicted molar refractivity (Wildman–Crippen MR) is 57.7 cm³/mol. The second-order valence-corrected chi connectivity index (χ2v) is 2.97. The Morgan fingerprint density at radius 1 is 1.08 bits per heavy atom.